The number of amides is 2. The number of anilines is 1. The van der Waals surface area contributed by atoms with Crippen LogP contribution in [-0.2, 0) is 4.79 Å². The monoisotopic (exact) mass is 446 g/mol. The fraction of sp³-hybridized carbons (Fsp3) is 0.263. The van der Waals surface area contributed by atoms with Gasteiger partial charge in [0.05, 0.1) is 20.6 Å². The van der Waals surface area contributed by atoms with Crippen LogP contribution in [0.25, 0.3) is 0 Å². The lowest BCUT2D eigenvalue weighted by atomic mass is 10.2. The highest BCUT2D eigenvalue weighted by Crippen LogP contribution is 2.29. The van der Waals surface area contributed by atoms with Crippen molar-refractivity contribution in [1.29, 1.82) is 0 Å². The van der Waals surface area contributed by atoms with Gasteiger partial charge in [0.1, 0.15) is 11.6 Å². The predicted molar refractivity (Wildman–Crippen MR) is 109 cm³/mol. The lowest BCUT2D eigenvalue weighted by Crippen LogP contribution is -2.34. The van der Waals surface area contributed by atoms with Gasteiger partial charge in [-0.05, 0) is 44.2 Å². The summed E-state index contributed by atoms with van der Waals surface area (Å²) in [6.07, 6.45) is 0. The standard InChI is InChI=1S/C19H18Cl3FN2O3/c1-3-25(4-2)18(26)10-28-17-6-5-11(7-15(17)22)24-19(27)12-8-16(23)14(21)9-13(12)20/h5-9H,3-4,10H2,1-2H3,(H,24,27). The largest absolute Gasteiger partial charge is 0.482 e. The molecule has 150 valence electrons. The highest BCUT2D eigenvalue weighted by Gasteiger charge is 2.16. The van der Waals surface area contributed by atoms with E-state index in [9.17, 15) is 14.0 Å². The van der Waals surface area contributed by atoms with E-state index in [1.54, 1.807) is 11.0 Å². The van der Waals surface area contributed by atoms with E-state index < -0.39 is 11.7 Å². The molecule has 0 saturated heterocycles. The van der Waals surface area contributed by atoms with E-state index in [-0.39, 0.29) is 33.1 Å². The number of nitrogens with one attached hydrogen (secondary N) is 1. The molecule has 9 heteroatoms. The van der Waals surface area contributed by atoms with E-state index in [4.69, 9.17) is 39.5 Å². The number of carbonyl (C=O) groups is 2. The van der Waals surface area contributed by atoms with Crippen molar-refractivity contribution in [3.8, 4) is 5.75 Å². The van der Waals surface area contributed by atoms with Crippen LogP contribution in [0.4, 0.5) is 10.1 Å². The summed E-state index contributed by atoms with van der Waals surface area (Å²) in [5.41, 5.74) is 0.286. The average Bonchev–Trinajstić information content (AvgIpc) is 2.65. The highest BCUT2D eigenvalue weighted by molar-refractivity contribution is 6.37. The molecule has 0 radical (unpaired) electrons. The quantitative estimate of drug-likeness (QED) is 0.587. The molecule has 0 aromatic heterocycles. The molecule has 0 aliphatic rings. The average molecular weight is 448 g/mol. The second kappa shape index (κ2) is 9.96. The van der Waals surface area contributed by atoms with Crippen LogP contribution in [0.3, 0.4) is 0 Å². The molecule has 2 aromatic rings. The molecule has 0 unspecified atom stereocenters. The van der Waals surface area contributed by atoms with Gasteiger partial charge in [-0.1, -0.05) is 34.8 Å². The Morgan fingerprint density at radius 2 is 1.71 bits per heavy atom. The summed E-state index contributed by atoms with van der Waals surface area (Å²) in [4.78, 5) is 25.9. The van der Waals surface area contributed by atoms with Crippen LogP contribution in [0.2, 0.25) is 15.1 Å². The van der Waals surface area contributed by atoms with Gasteiger partial charge >= 0.3 is 0 Å². The number of ether oxygens (including phenoxy) is 1. The van der Waals surface area contributed by atoms with Gasteiger partial charge in [-0.25, -0.2) is 4.39 Å². The summed E-state index contributed by atoms with van der Waals surface area (Å²) in [5, 5.41) is 2.62. The normalized spacial score (nSPS) is 10.5. The number of halogens is 4. The third-order valence-electron chi connectivity index (χ3n) is 3.91. The molecular formula is C19H18Cl3FN2O3. The van der Waals surface area contributed by atoms with E-state index in [1.807, 2.05) is 13.8 Å². The molecular weight excluding hydrogens is 430 g/mol. The Morgan fingerprint density at radius 3 is 2.32 bits per heavy atom. The molecule has 1 N–H and O–H groups in total. The number of nitrogens with zero attached hydrogens (tertiary/aromatic N) is 1. The highest BCUT2D eigenvalue weighted by atomic mass is 35.5. The Morgan fingerprint density at radius 1 is 1.04 bits per heavy atom. The van der Waals surface area contributed by atoms with Crippen LogP contribution in [0.1, 0.15) is 24.2 Å². The summed E-state index contributed by atoms with van der Waals surface area (Å²) in [7, 11) is 0. The number of likely N-dealkylation sites (N-methyl/N-ethyl adjacent to an activating group) is 1. The first-order chi connectivity index (χ1) is 13.3. The zero-order valence-electron chi connectivity index (χ0n) is 15.2. The summed E-state index contributed by atoms with van der Waals surface area (Å²) < 4.78 is 19.0. The lowest BCUT2D eigenvalue weighted by molar-refractivity contribution is -0.132. The second-order valence-electron chi connectivity index (χ2n) is 5.70. The lowest BCUT2D eigenvalue weighted by Gasteiger charge is -2.19. The molecule has 0 atom stereocenters. The molecule has 2 aromatic carbocycles. The second-order valence-corrected chi connectivity index (χ2v) is 6.92. The van der Waals surface area contributed by atoms with Gasteiger partial charge in [0.15, 0.2) is 6.61 Å². The summed E-state index contributed by atoms with van der Waals surface area (Å²) in [5.74, 6) is -1.23. The fourth-order valence-electron chi connectivity index (χ4n) is 2.40. The van der Waals surface area contributed by atoms with Crippen molar-refractivity contribution in [3.05, 3.63) is 56.8 Å². The maximum absolute atomic E-state index is 13.6. The minimum absolute atomic E-state index is 0.0184. The van der Waals surface area contributed by atoms with E-state index in [0.29, 0.717) is 24.5 Å². The van der Waals surface area contributed by atoms with Crippen molar-refractivity contribution in [2.75, 3.05) is 25.0 Å². The molecule has 0 heterocycles. The molecule has 0 aliphatic heterocycles. The number of rotatable bonds is 7. The van der Waals surface area contributed by atoms with Crippen LogP contribution in [0.15, 0.2) is 30.3 Å². The summed E-state index contributed by atoms with van der Waals surface area (Å²) >= 11 is 17.7. The Balaban J connectivity index is 2.07. The SMILES string of the molecule is CCN(CC)C(=O)COc1ccc(NC(=O)c2cc(F)c(Cl)cc2Cl)cc1Cl. The first-order valence-electron chi connectivity index (χ1n) is 8.42. The summed E-state index contributed by atoms with van der Waals surface area (Å²) in [6, 6.07) is 6.64. The Bertz CT molecular complexity index is 889. The van der Waals surface area contributed by atoms with Gasteiger partial charge in [0.2, 0.25) is 0 Å². The summed E-state index contributed by atoms with van der Waals surface area (Å²) in [6.45, 7) is 4.79. The smallest absolute Gasteiger partial charge is 0.260 e. The fourth-order valence-corrected chi connectivity index (χ4v) is 3.10. The van der Waals surface area contributed by atoms with Crippen LogP contribution in [0, 0.1) is 5.82 Å². The topological polar surface area (TPSA) is 58.6 Å². The van der Waals surface area contributed by atoms with Crippen LogP contribution >= 0.6 is 34.8 Å². The zero-order chi connectivity index (χ0) is 20.8. The minimum atomic E-state index is -0.754. The van der Waals surface area contributed by atoms with Crippen molar-refractivity contribution in [2.45, 2.75) is 13.8 Å². The van der Waals surface area contributed by atoms with Gasteiger partial charge in [0, 0.05) is 18.8 Å². The van der Waals surface area contributed by atoms with Gasteiger partial charge < -0.3 is 15.0 Å². The maximum Gasteiger partial charge on any atom is 0.260 e. The number of benzene rings is 2. The zero-order valence-corrected chi connectivity index (χ0v) is 17.5. The predicted octanol–water partition coefficient (Wildman–Crippen LogP) is 5.29. The molecule has 2 amide bonds. The number of carbonyl (C=O) groups excluding carboxylic acids is 2. The van der Waals surface area contributed by atoms with Crippen molar-refractivity contribution in [3.63, 3.8) is 0 Å². The molecule has 0 saturated carbocycles. The Hall–Kier alpha value is -2.02. The molecule has 5 nitrogen and oxygen atoms in total. The molecule has 0 fully saturated rings. The minimum Gasteiger partial charge on any atom is -0.482 e. The maximum atomic E-state index is 13.6. The van der Waals surface area contributed by atoms with Crippen molar-refractivity contribution >= 4 is 52.3 Å². The Kier molecular flexibility index (Phi) is 7.92. The van der Waals surface area contributed by atoms with Gasteiger partial charge in [-0.15, -0.1) is 0 Å². The molecule has 2 rings (SSSR count). The van der Waals surface area contributed by atoms with Crippen LogP contribution in [-0.4, -0.2) is 36.4 Å². The van der Waals surface area contributed by atoms with E-state index in [1.165, 1.54) is 12.1 Å². The molecule has 0 aliphatic carbocycles. The van der Waals surface area contributed by atoms with Gasteiger partial charge in [-0.3, -0.25) is 9.59 Å². The van der Waals surface area contributed by atoms with E-state index in [2.05, 4.69) is 5.32 Å². The van der Waals surface area contributed by atoms with E-state index >= 15 is 0 Å². The molecule has 28 heavy (non-hydrogen) atoms. The van der Waals surface area contributed by atoms with Crippen LogP contribution < -0.4 is 10.1 Å². The van der Waals surface area contributed by atoms with Gasteiger partial charge in [0.25, 0.3) is 11.8 Å². The van der Waals surface area contributed by atoms with Gasteiger partial charge in [-0.2, -0.15) is 0 Å². The number of hydrogen-bond donors (Lipinski definition) is 1. The first-order valence-corrected chi connectivity index (χ1v) is 9.56. The van der Waals surface area contributed by atoms with Crippen molar-refractivity contribution in [1.82, 2.24) is 4.90 Å². The molecule has 0 bridgehead atoms. The van der Waals surface area contributed by atoms with E-state index in [0.717, 1.165) is 12.1 Å². The van der Waals surface area contributed by atoms with Crippen molar-refractivity contribution in [2.24, 2.45) is 0 Å². The van der Waals surface area contributed by atoms with Crippen molar-refractivity contribution < 1.29 is 18.7 Å². The Labute approximate surface area is 177 Å². The van der Waals surface area contributed by atoms with Crippen LogP contribution in [0.5, 0.6) is 5.75 Å². The third kappa shape index (κ3) is 5.50. The third-order valence-corrected chi connectivity index (χ3v) is 4.81. The first kappa shape index (κ1) is 22.3. The number of hydrogen-bond acceptors (Lipinski definition) is 3. The molecule has 0 spiro atoms.